The van der Waals surface area contributed by atoms with Crippen molar-refractivity contribution in [1.82, 2.24) is 4.90 Å². The van der Waals surface area contributed by atoms with Crippen molar-refractivity contribution >= 4 is 18.3 Å². The highest BCUT2D eigenvalue weighted by Crippen LogP contribution is 2.25. The second-order valence-corrected chi connectivity index (χ2v) is 5.61. The molecule has 1 heterocycles. The molecule has 1 aromatic rings. The SMILES string of the molecule is COc1cc(OC)cc(C(=O)N2CCCC(C(C)N)C2)c1.Cl. The lowest BCUT2D eigenvalue weighted by molar-refractivity contribution is 0.0660. The maximum Gasteiger partial charge on any atom is 0.254 e. The average molecular weight is 329 g/mol. The summed E-state index contributed by atoms with van der Waals surface area (Å²) in [6.45, 7) is 3.50. The molecule has 0 aromatic heterocycles. The van der Waals surface area contributed by atoms with E-state index in [2.05, 4.69) is 0 Å². The topological polar surface area (TPSA) is 64.8 Å². The number of halogens is 1. The van der Waals surface area contributed by atoms with Gasteiger partial charge in [0.25, 0.3) is 5.91 Å². The number of carbonyl (C=O) groups excluding carboxylic acids is 1. The molecule has 6 heteroatoms. The zero-order chi connectivity index (χ0) is 15.4. The van der Waals surface area contributed by atoms with E-state index in [-0.39, 0.29) is 24.4 Å². The molecule has 2 atom stereocenters. The van der Waals surface area contributed by atoms with Crippen molar-refractivity contribution in [1.29, 1.82) is 0 Å². The van der Waals surface area contributed by atoms with Crippen LogP contribution in [0.3, 0.4) is 0 Å². The molecular formula is C16H25ClN2O3. The zero-order valence-electron chi connectivity index (χ0n) is 13.4. The monoisotopic (exact) mass is 328 g/mol. The summed E-state index contributed by atoms with van der Waals surface area (Å²) in [7, 11) is 3.16. The molecular weight excluding hydrogens is 304 g/mol. The standard InChI is InChI=1S/C16H24N2O3.ClH/c1-11(17)12-5-4-6-18(10-12)16(19)13-7-14(20-2)9-15(8-13)21-3;/h7-9,11-12H,4-6,10,17H2,1-3H3;1H. The smallest absolute Gasteiger partial charge is 0.254 e. The third-order valence-corrected chi connectivity index (χ3v) is 4.09. The van der Waals surface area contributed by atoms with Gasteiger partial charge in [-0.2, -0.15) is 0 Å². The predicted molar refractivity (Wildman–Crippen MR) is 89.1 cm³/mol. The van der Waals surface area contributed by atoms with E-state index >= 15 is 0 Å². The van der Waals surface area contributed by atoms with E-state index in [0.29, 0.717) is 23.0 Å². The molecule has 124 valence electrons. The fourth-order valence-corrected chi connectivity index (χ4v) is 2.74. The highest BCUT2D eigenvalue weighted by Gasteiger charge is 2.26. The molecule has 0 saturated carbocycles. The molecule has 1 aromatic carbocycles. The lowest BCUT2D eigenvalue weighted by Crippen LogP contribution is -2.45. The molecule has 1 amide bonds. The Bertz CT molecular complexity index is 486. The normalized spacial score (nSPS) is 19.1. The highest BCUT2D eigenvalue weighted by molar-refractivity contribution is 5.95. The van der Waals surface area contributed by atoms with Crippen molar-refractivity contribution in [2.75, 3.05) is 27.3 Å². The van der Waals surface area contributed by atoms with Crippen LogP contribution in [-0.4, -0.2) is 44.2 Å². The van der Waals surface area contributed by atoms with Crippen molar-refractivity contribution in [3.8, 4) is 11.5 Å². The number of nitrogens with two attached hydrogens (primary N) is 1. The Kier molecular flexibility index (Phi) is 6.97. The second-order valence-electron chi connectivity index (χ2n) is 5.61. The van der Waals surface area contributed by atoms with Gasteiger partial charge in [0, 0.05) is 30.8 Å². The Morgan fingerprint density at radius 3 is 2.36 bits per heavy atom. The molecule has 22 heavy (non-hydrogen) atoms. The fourth-order valence-electron chi connectivity index (χ4n) is 2.74. The average Bonchev–Trinajstić information content (AvgIpc) is 2.53. The number of carbonyl (C=O) groups is 1. The number of ether oxygens (including phenoxy) is 2. The minimum absolute atomic E-state index is 0. The van der Waals surface area contributed by atoms with Gasteiger partial charge in [-0.15, -0.1) is 12.4 Å². The summed E-state index contributed by atoms with van der Waals surface area (Å²) < 4.78 is 10.4. The Balaban J connectivity index is 0.00000242. The Morgan fingerprint density at radius 1 is 1.27 bits per heavy atom. The summed E-state index contributed by atoms with van der Waals surface area (Å²) in [6.07, 6.45) is 2.09. The van der Waals surface area contributed by atoms with E-state index in [1.807, 2.05) is 11.8 Å². The van der Waals surface area contributed by atoms with Gasteiger partial charge in [0.15, 0.2) is 0 Å². The third-order valence-electron chi connectivity index (χ3n) is 4.09. The first-order chi connectivity index (χ1) is 10.0. The molecule has 0 bridgehead atoms. The van der Waals surface area contributed by atoms with Crippen LogP contribution in [0.25, 0.3) is 0 Å². The maximum absolute atomic E-state index is 12.7. The Hall–Kier alpha value is -1.46. The van der Waals surface area contributed by atoms with Crippen LogP contribution in [0.5, 0.6) is 11.5 Å². The summed E-state index contributed by atoms with van der Waals surface area (Å²) in [5.74, 6) is 1.63. The van der Waals surface area contributed by atoms with Crippen LogP contribution in [-0.2, 0) is 0 Å². The summed E-state index contributed by atoms with van der Waals surface area (Å²) in [5.41, 5.74) is 6.58. The van der Waals surface area contributed by atoms with E-state index in [1.165, 1.54) is 0 Å². The molecule has 1 aliphatic rings. The molecule has 0 spiro atoms. The van der Waals surface area contributed by atoms with E-state index < -0.39 is 0 Å². The molecule has 2 N–H and O–H groups in total. The van der Waals surface area contributed by atoms with Crippen molar-refractivity contribution in [3.05, 3.63) is 23.8 Å². The van der Waals surface area contributed by atoms with Crippen LogP contribution >= 0.6 is 12.4 Å². The minimum atomic E-state index is 0. The first-order valence-electron chi connectivity index (χ1n) is 7.33. The number of rotatable bonds is 4. The number of methoxy groups -OCH3 is 2. The first kappa shape index (κ1) is 18.6. The Morgan fingerprint density at radius 2 is 1.86 bits per heavy atom. The fraction of sp³-hybridized carbons (Fsp3) is 0.562. The molecule has 5 nitrogen and oxygen atoms in total. The van der Waals surface area contributed by atoms with Crippen LogP contribution in [0, 0.1) is 5.92 Å². The van der Waals surface area contributed by atoms with E-state index in [0.717, 1.165) is 25.9 Å². The molecule has 1 saturated heterocycles. The van der Waals surface area contributed by atoms with Gasteiger partial charge in [0.1, 0.15) is 11.5 Å². The van der Waals surface area contributed by atoms with Crippen LogP contribution in [0.4, 0.5) is 0 Å². The van der Waals surface area contributed by atoms with Crippen LogP contribution in [0.15, 0.2) is 18.2 Å². The zero-order valence-corrected chi connectivity index (χ0v) is 14.2. The molecule has 1 fully saturated rings. The number of amides is 1. The number of nitrogens with zero attached hydrogens (tertiary/aromatic N) is 1. The van der Waals surface area contributed by atoms with E-state index in [4.69, 9.17) is 15.2 Å². The van der Waals surface area contributed by atoms with Gasteiger partial charge in [-0.05, 0) is 37.8 Å². The van der Waals surface area contributed by atoms with Crippen molar-refractivity contribution in [2.24, 2.45) is 11.7 Å². The quantitative estimate of drug-likeness (QED) is 0.921. The number of hydrogen-bond donors (Lipinski definition) is 1. The van der Waals surface area contributed by atoms with Gasteiger partial charge in [0.05, 0.1) is 14.2 Å². The number of benzene rings is 1. The summed E-state index contributed by atoms with van der Waals surface area (Å²) >= 11 is 0. The summed E-state index contributed by atoms with van der Waals surface area (Å²) in [5, 5.41) is 0. The van der Waals surface area contributed by atoms with Crippen molar-refractivity contribution in [2.45, 2.75) is 25.8 Å². The van der Waals surface area contributed by atoms with Gasteiger partial charge in [-0.3, -0.25) is 4.79 Å². The molecule has 0 aliphatic carbocycles. The van der Waals surface area contributed by atoms with E-state index in [9.17, 15) is 4.79 Å². The second kappa shape index (κ2) is 8.25. The lowest BCUT2D eigenvalue weighted by Gasteiger charge is -2.34. The molecule has 0 radical (unpaired) electrons. The van der Waals surface area contributed by atoms with Crippen molar-refractivity contribution in [3.63, 3.8) is 0 Å². The van der Waals surface area contributed by atoms with Crippen molar-refractivity contribution < 1.29 is 14.3 Å². The number of likely N-dealkylation sites (tertiary alicyclic amines) is 1. The highest BCUT2D eigenvalue weighted by atomic mass is 35.5. The largest absolute Gasteiger partial charge is 0.497 e. The minimum Gasteiger partial charge on any atom is -0.497 e. The lowest BCUT2D eigenvalue weighted by atomic mass is 9.92. The Labute approximate surface area is 138 Å². The van der Waals surface area contributed by atoms with Gasteiger partial charge >= 0.3 is 0 Å². The van der Waals surface area contributed by atoms with Crippen LogP contribution in [0.2, 0.25) is 0 Å². The van der Waals surface area contributed by atoms with E-state index in [1.54, 1.807) is 32.4 Å². The maximum atomic E-state index is 12.7. The van der Waals surface area contributed by atoms with Gasteiger partial charge < -0.3 is 20.1 Å². The summed E-state index contributed by atoms with van der Waals surface area (Å²) in [4.78, 5) is 14.6. The first-order valence-corrected chi connectivity index (χ1v) is 7.33. The van der Waals surface area contributed by atoms with Gasteiger partial charge in [-0.25, -0.2) is 0 Å². The molecule has 1 aliphatic heterocycles. The molecule has 2 rings (SSSR count). The van der Waals surface area contributed by atoms with Gasteiger partial charge in [0.2, 0.25) is 0 Å². The third kappa shape index (κ3) is 4.27. The summed E-state index contributed by atoms with van der Waals surface area (Å²) in [6, 6.07) is 5.37. The van der Waals surface area contributed by atoms with Crippen LogP contribution < -0.4 is 15.2 Å². The van der Waals surface area contributed by atoms with Gasteiger partial charge in [-0.1, -0.05) is 0 Å². The number of hydrogen-bond acceptors (Lipinski definition) is 4. The number of piperidine rings is 1. The molecule has 2 unspecified atom stereocenters. The predicted octanol–water partition coefficient (Wildman–Crippen LogP) is 2.33. The van der Waals surface area contributed by atoms with Crippen LogP contribution in [0.1, 0.15) is 30.1 Å².